The third kappa shape index (κ3) is 7.60. The monoisotopic (exact) mass is 346 g/mol. The highest BCUT2D eigenvalue weighted by Gasteiger charge is 2.38. The van der Waals surface area contributed by atoms with Gasteiger partial charge in [0.1, 0.15) is 5.54 Å². The number of carbonyl (C=O) groups excluding carboxylic acids is 1. The van der Waals surface area contributed by atoms with E-state index in [1.165, 1.54) is 56.9 Å². The number of hydrogen-bond acceptors (Lipinski definition) is 2. The zero-order chi connectivity index (χ0) is 18.5. The molecular weight excluding hydrogens is 308 g/mol. The van der Waals surface area contributed by atoms with Crippen molar-refractivity contribution in [2.45, 2.75) is 83.1 Å². The maximum absolute atomic E-state index is 12.3. The van der Waals surface area contributed by atoms with E-state index in [9.17, 15) is 4.79 Å². The summed E-state index contributed by atoms with van der Waals surface area (Å²) in [7, 11) is 3.95. The summed E-state index contributed by atoms with van der Waals surface area (Å²) in [6.45, 7) is 2.26. The van der Waals surface area contributed by atoms with Gasteiger partial charge in [0.25, 0.3) is 0 Å². The van der Waals surface area contributed by atoms with Crippen LogP contribution in [-0.2, 0) is 11.2 Å². The maximum atomic E-state index is 12.3. The van der Waals surface area contributed by atoms with E-state index in [4.69, 9.17) is 5.73 Å². The van der Waals surface area contributed by atoms with E-state index in [-0.39, 0.29) is 5.91 Å². The van der Waals surface area contributed by atoms with Crippen molar-refractivity contribution < 1.29 is 4.79 Å². The van der Waals surface area contributed by atoms with Crippen LogP contribution in [0, 0.1) is 0 Å². The minimum absolute atomic E-state index is 0.207. The molecule has 3 nitrogen and oxygen atoms in total. The molecule has 0 aliphatic rings. The SMILES string of the molecule is CCCCCCCCCCCC(Cc1ccccc1)(C(N)=O)N(C)C. The minimum atomic E-state index is -0.581. The first-order valence-electron chi connectivity index (χ1n) is 10.0. The molecule has 1 unspecified atom stereocenters. The van der Waals surface area contributed by atoms with Crippen molar-refractivity contribution in [2.75, 3.05) is 14.1 Å². The van der Waals surface area contributed by atoms with Crippen LogP contribution in [0.25, 0.3) is 0 Å². The van der Waals surface area contributed by atoms with Crippen LogP contribution < -0.4 is 5.73 Å². The molecular formula is C22H38N2O. The first kappa shape index (κ1) is 21.7. The molecule has 0 spiro atoms. The van der Waals surface area contributed by atoms with Crippen molar-refractivity contribution in [2.24, 2.45) is 5.73 Å². The summed E-state index contributed by atoms with van der Waals surface area (Å²) in [4.78, 5) is 14.3. The summed E-state index contributed by atoms with van der Waals surface area (Å²) >= 11 is 0. The number of hydrogen-bond donors (Lipinski definition) is 1. The van der Waals surface area contributed by atoms with Crippen molar-refractivity contribution in [3.05, 3.63) is 35.9 Å². The number of nitrogens with two attached hydrogens (primary N) is 1. The van der Waals surface area contributed by atoms with Crippen LogP contribution in [0.15, 0.2) is 30.3 Å². The molecule has 1 rings (SSSR count). The number of nitrogens with zero attached hydrogens (tertiary/aromatic N) is 1. The van der Waals surface area contributed by atoms with Gasteiger partial charge in [-0.1, -0.05) is 95.0 Å². The van der Waals surface area contributed by atoms with E-state index < -0.39 is 5.54 Å². The van der Waals surface area contributed by atoms with Crippen molar-refractivity contribution in [1.29, 1.82) is 0 Å². The van der Waals surface area contributed by atoms with Crippen LogP contribution >= 0.6 is 0 Å². The van der Waals surface area contributed by atoms with Crippen molar-refractivity contribution in [1.82, 2.24) is 4.90 Å². The van der Waals surface area contributed by atoms with E-state index >= 15 is 0 Å². The number of rotatable bonds is 14. The van der Waals surface area contributed by atoms with Gasteiger partial charge in [-0.05, 0) is 32.5 Å². The lowest BCUT2D eigenvalue weighted by Gasteiger charge is -2.37. The highest BCUT2D eigenvalue weighted by molar-refractivity contribution is 5.85. The lowest BCUT2D eigenvalue weighted by Crippen LogP contribution is -2.56. The van der Waals surface area contributed by atoms with Gasteiger partial charge in [0.2, 0.25) is 5.91 Å². The van der Waals surface area contributed by atoms with Crippen molar-refractivity contribution in [3.8, 4) is 0 Å². The van der Waals surface area contributed by atoms with E-state index in [1.54, 1.807) is 0 Å². The molecule has 0 saturated heterocycles. The van der Waals surface area contributed by atoms with Gasteiger partial charge < -0.3 is 5.73 Å². The molecule has 1 aromatic carbocycles. The number of carbonyl (C=O) groups is 1. The molecule has 0 aromatic heterocycles. The zero-order valence-corrected chi connectivity index (χ0v) is 16.6. The highest BCUT2D eigenvalue weighted by atomic mass is 16.1. The van der Waals surface area contributed by atoms with Crippen LogP contribution in [0.4, 0.5) is 0 Å². The lowest BCUT2D eigenvalue weighted by atomic mass is 9.83. The quantitative estimate of drug-likeness (QED) is 0.485. The molecule has 25 heavy (non-hydrogen) atoms. The summed E-state index contributed by atoms with van der Waals surface area (Å²) < 4.78 is 0. The Balaban J connectivity index is 2.45. The van der Waals surface area contributed by atoms with Crippen LogP contribution in [0.1, 0.15) is 76.7 Å². The van der Waals surface area contributed by atoms with Crippen molar-refractivity contribution in [3.63, 3.8) is 0 Å². The molecule has 3 heteroatoms. The standard InChI is InChI=1S/C22H38N2O/c1-4-5-6-7-8-9-10-11-15-18-22(21(23)25,24(2)3)19-20-16-13-12-14-17-20/h12-14,16-17H,4-11,15,18-19H2,1-3H3,(H2,23,25). The van der Waals surface area contributed by atoms with Gasteiger partial charge >= 0.3 is 0 Å². The third-order valence-electron chi connectivity index (χ3n) is 5.35. The third-order valence-corrected chi connectivity index (χ3v) is 5.35. The predicted octanol–water partition coefficient (Wildman–Crippen LogP) is 4.94. The van der Waals surface area contributed by atoms with Gasteiger partial charge in [0.15, 0.2) is 0 Å². The molecule has 0 saturated carbocycles. The van der Waals surface area contributed by atoms with Crippen molar-refractivity contribution >= 4 is 5.91 Å². The molecule has 0 radical (unpaired) electrons. The lowest BCUT2D eigenvalue weighted by molar-refractivity contribution is -0.129. The summed E-state index contributed by atoms with van der Waals surface area (Å²) in [5.41, 5.74) is 6.44. The first-order chi connectivity index (χ1) is 12.0. The minimum Gasteiger partial charge on any atom is -0.368 e. The number of primary amides is 1. The van der Waals surface area contributed by atoms with Gasteiger partial charge in [-0.15, -0.1) is 0 Å². The fourth-order valence-corrected chi connectivity index (χ4v) is 3.56. The van der Waals surface area contributed by atoms with Gasteiger partial charge in [-0.3, -0.25) is 9.69 Å². The van der Waals surface area contributed by atoms with E-state index in [2.05, 4.69) is 19.1 Å². The molecule has 1 atom stereocenters. The zero-order valence-electron chi connectivity index (χ0n) is 16.6. The topological polar surface area (TPSA) is 46.3 Å². The Labute approximate surface area is 155 Å². The Bertz CT molecular complexity index is 472. The van der Waals surface area contributed by atoms with Gasteiger partial charge in [0.05, 0.1) is 0 Å². The second-order valence-corrected chi connectivity index (χ2v) is 7.53. The fraction of sp³-hybridized carbons (Fsp3) is 0.682. The summed E-state index contributed by atoms with van der Waals surface area (Å²) in [5.74, 6) is -0.207. The summed E-state index contributed by atoms with van der Waals surface area (Å²) in [6.07, 6.45) is 13.1. The number of likely N-dealkylation sites (N-methyl/N-ethyl adjacent to an activating group) is 1. The Morgan fingerprint density at radius 2 is 1.44 bits per heavy atom. The largest absolute Gasteiger partial charge is 0.368 e. The van der Waals surface area contributed by atoms with E-state index in [0.29, 0.717) is 6.42 Å². The fourth-order valence-electron chi connectivity index (χ4n) is 3.56. The van der Waals surface area contributed by atoms with Gasteiger partial charge in [-0.2, -0.15) is 0 Å². The predicted molar refractivity (Wildman–Crippen MR) is 108 cm³/mol. The molecule has 0 heterocycles. The average molecular weight is 347 g/mol. The second kappa shape index (κ2) is 12.1. The smallest absolute Gasteiger partial charge is 0.238 e. The number of amides is 1. The summed E-state index contributed by atoms with van der Waals surface area (Å²) in [5, 5.41) is 0. The van der Waals surface area contributed by atoms with E-state index in [0.717, 1.165) is 12.8 Å². The molecule has 1 aromatic rings. The Hall–Kier alpha value is -1.35. The molecule has 1 amide bonds. The molecule has 2 N–H and O–H groups in total. The van der Waals surface area contributed by atoms with Gasteiger partial charge in [-0.25, -0.2) is 0 Å². The Morgan fingerprint density at radius 3 is 1.92 bits per heavy atom. The Morgan fingerprint density at radius 1 is 0.920 bits per heavy atom. The van der Waals surface area contributed by atoms with Crippen LogP contribution in [0.2, 0.25) is 0 Å². The molecule has 142 valence electrons. The molecule has 0 aliphatic carbocycles. The highest BCUT2D eigenvalue weighted by Crippen LogP contribution is 2.26. The molecule has 0 fully saturated rings. The Kier molecular flexibility index (Phi) is 10.5. The molecule has 0 bridgehead atoms. The van der Waals surface area contributed by atoms with E-state index in [1.807, 2.05) is 37.2 Å². The second-order valence-electron chi connectivity index (χ2n) is 7.53. The number of benzene rings is 1. The average Bonchev–Trinajstić information content (AvgIpc) is 2.59. The maximum Gasteiger partial charge on any atom is 0.238 e. The number of unbranched alkanes of at least 4 members (excludes halogenated alkanes) is 8. The normalized spacial score (nSPS) is 13.8. The molecule has 0 aliphatic heterocycles. The summed E-state index contributed by atoms with van der Waals surface area (Å²) in [6, 6.07) is 10.2. The first-order valence-corrected chi connectivity index (χ1v) is 10.0. The van der Waals surface area contributed by atoms with Crippen LogP contribution in [-0.4, -0.2) is 30.4 Å². The van der Waals surface area contributed by atoms with Crippen LogP contribution in [0.3, 0.4) is 0 Å². The van der Waals surface area contributed by atoms with Gasteiger partial charge in [0, 0.05) is 0 Å². The van der Waals surface area contributed by atoms with Crippen LogP contribution in [0.5, 0.6) is 0 Å².